The molecule has 0 unspecified atom stereocenters. The number of fused-ring (bicyclic) bond motifs is 2. The number of benzene rings is 1. The first-order valence-electron chi connectivity index (χ1n) is 12.9. The van der Waals surface area contributed by atoms with Gasteiger partial charge in [-0.25, -0.2) is 15.0 Å². The number of likely N-dealkylation sites (tertiary alicyclic amines) is 1. The molecule has 180 valence electrons. The van der Waals surface area contributed by atoms with Gasteiger partial charge < -0.3 is 10.2 Å². The van der Waals surface area contributed by atoms with Gasteiger partial charge in [0.1, 0.15) is 11.3 Å². The number of hydrogen-bond acceptors (Lipinski definition) is 6. The smallest absolute Gasteiger partial charge is 0.156 e. The molecule has 5 aromatic rings. The van der Waals surface area contributed by atoms with E-state index in [4.69, 9.17) is 9.97 Å². The lowest BCUT2D eigenvalue weighted by Crippen LogP contribution is -2.43. The summed E-state index contributed by atoms with van der Waals surface area (Å²) in [5, 5.41) is 4.66. The van der Waals surface area contributed by atoms with Crippen molar-refractivity contribution in [1.82, 2.24) is 29.2 Å². The van der Waals surface area contributed by atoms with Gasteiger partial charge >= 0.3 is 0 Å². The molecule has 1 saturated heterocycles. The minimum Gasteiger partial charge on any atom is -0.338 e. The largest absolute Gasteiger partial charge is 0.338 e. The average molecular weight is 476 g/mol. The SMILES string of the molecule is Cc1cc(-c2ccccn2)nc2cc(Nc3nccn4c(C5CC(CN6CCC6)C5)ncc34)ccc12. The van der Waals surface area contributed by atoms with E-state index in [1.807, 2.05) is 36.8 Å². The van der Waals surface area contributed by atoms with Crippen LogP contribution in [0.5, 0.6) is 0 Å². The van der Waals surface area contributed by atoms with E-state index in [0.717, 1.165) is 51.1 Å². The summed E-state index contributed by atoms with van der Waals surface area (Å²) in [4.78, 5) is 21.4. The van der Waals surface area contributed by atoms with Crippen molar-refractivity contribution in [3.8, 4) is 11.4 Å². The zero-order valence-electron chi connectivity index (χ0n) is 20.4. The normalized spacial score (nSPS) is 19.8. The maximum absolute atomic E-state index is 4.91. The fourth-order valence-corrected chi connectivity index (χ4v) is 5.63. The summed E-state index contributed by atoms with van der Waals surface area (Å²) in [6, 6.07) is 14.3. The van der Waals surface area contributed by atoms with Gasteiger partial charge in [-0.3, -0.25) is 9.38 Å². The summed E-state index contributed by atoms with van der Waals surface area (Å²) >= 11 is 0. The van der Waals surface area contributed by atoms with Gasteiger partial charge in [0.25, 0.3) is 0 Å². The highest BCUT2D eigenvalue weighted by Crippen LogP contribution is 2.42. The van der Waals surface area contributed by atoms with Crippen molar-refractivity contribution < 1.29 is 0 Å². The Morgan fingerprint density at radius 3 is 2.69 bits per heavy atom. The molecule has 7 nitrogen and oxygen atoms in total. The molecule has 1 aliphatic heterocycles. The van der Waals surface area contributed by atoms with Crippen molar-refractivity contribution >= 4 is 27.9 Å². The topological polar surface area (TPSA) is 71.2 Å². The van der Waals surface area contributed by atoms with Crippen LogP contribution < -0.4 is 5.32 Å². The van der Waals surface area contributed by atoms with E-state index < -0.39 is 0 Å². The minimum absolute atomic E-state index is 0.534. The summed E-state index contributed by atoms with van der Waals surface area (Å²) in [5.74, 6) is 3.31. The van der Waals surface area contributed by atoms with Gasteiger partial charge in [0.2, 0.25) is 0 Å². The molecule has 4 aromatic heterocycles. The zero-order valence-corrected chi connectivity index (χ0v) is 20.4. The second-order valence-electron chi connectivity index (χ2n) is 10.2. The summed E-state index contributed by atoms with van der Waals surface area (Å²) in [6.07, 6.45) is 11.5. The molecule has 36 heavy (non-hydrogen) atoms. The lowest BCUT2D eigenvalue weighted by Gasteiger charge is -2.41. The molecule has 0 radical (unpaired) electrons. The standard InChI is InChI=1S/C29H29N7/c1-19-13-26(24-5-2-3-8-30-24)34-25-16-22(6-7-23(19)25)33-28-27-17-32-29(36(27)12-9-31-28)21-14-20(15-21)18-35-10-4-11-35/h2-3,5-9,12-13,16-17,20-21H,4,10-11,14-15,18H2,1H3,(H,31,33). The molecule has 0 amide bonds. The van der Waals surface area contributed by atoms with E-state index in [2.05, 4.69) is 55.8 Å². The van der Waals surface area contributed by atoms with Crippen molar-refractivity contribution in [1.29, 1.82) is 0 Å². The van der Waals surface area contributed by atoms with Crippen LogP contribution in [-0.4, -0.2) is 48.9 Å². The lowest BCUT2D eigenvalue weighted by molar-refractivity contribution is 0.107. The molecular formula is C29H29N7. The quantitative estimate of drug-likeness (QED) is 0.345. The number of nitrogens with zero attached hydrogens (tertiary/aromatic N) is 6. The number of aromatic nitrogens is 5. The van der Waals surface area contributed by atoms with Crippen LogP contribution in [-0.2, 0) is 0 Å². The third-order valence-corrected chi connectivity index (χ3v) is 7.76. The Hall–Kier alpha value is -3.84. The molecule has 7 rings (SSSR count). The van der Waals surface area contributed by atoms with Gasteiger partial charge in [-0.15, -0.1) is 0 Å². The second-order valence-corrected chi connectivity index (χ2v) is 10.2. The Kier molecular flexibility index (Phi) is 5.17. The van der Waals surface area contributed by atoms with E-state index in [9.17, 15) is 0 Å². The lowest BCUT2D eigenvalue weighted by atomic mass is 9.74. The second kappa shape index (κ2) is 8.68. The molecule has 0 bridgehead atoms. The third-order valence-electron chi connectivity index (χ3n) is 7.76. The van der Waals surface area contributed by atoms with Crippen LogP contribution in [0.3, 0.4) is 0 Å². The van der Waals surface area contributed by atoms with Crippen molar-refractivity contribution in [2.75, 3.05) is 25.0 Å². The maximum Gasteiger partial charge on any atom is 0.156 e. The summed E-state index contributed by atoms with van der Waals surface area (Å²) in [5.41, 5.74) is 5.83. The third kappa shape index (κ3) is 3.80. The molecule has 0 spiro atoms. The predicted molar refractivity (Wildman–Crippen MR) is 143 cm³/mol. The Balaban J connectivity index is 1.15. The summed E-state index contributed by atoms with van der Waals surface area (Å²) in [6.45, 7) is 5.94. The van der Waals surface area contributed by atoms with Crippen molar-refractivity contribution in [2.45, 2.75) is 32.1 Å². The van der Waals surface area contributed by atoms with Crippen LogP contribution in [0, 0.1) is 12.8 Å². The van der Waals surface area contributed by atoms with E-state index >= 15 is 0 Å². The summed E-state index contributed by atoms with van der Waals surface area (Å²) in [7, 11) is 0. The average Bonchev–Trinajstić information content (AvgIpc) is 3.27. The van der Waals surface area contributed by atoms with E-state index in [1.165, 1.54) is 44.5 Å². The number of anilines is 2. The van der Waals surface area contributed by atoms with Crippen LogP contribution in [0.2, 0.25) is 0 Å². The van der Waals surface area contributed by atoms with Crippen LogP contribution in [0.4, 0.5) is 11.5 Å². The zero-order chi connectivity index (χ0) is 24.1. The van der Waals surface area contributed by atoms with Gasteiger partial charge in [0.05, 0.1) is 23.1 Å². The predicted octanol–water partition coefficient (Wildman–Crippen LogP) is 5.59. The number of rotatable bonds is 6. The van der Waals surface area contributed by atoms with Gasteiger partial charge in [-0.05, 0) is 81.1 Å². The molecule has 1 aliphatic carbocycles. The molecule has 2 aliphatic rings. The van der Waals surface area contributed by atoms with Crippen molar-refractivity contribution in [3.05, 3.63) is 78.6 Å². The number of hydrogen-bond donors (Lipinski definition) is 1. The monoisotopic (exact) mass is 475 g/mol. The van der Waals surface area contributed by atoms with Gasteiger partial charge in [0, 0.05) is 42.1 Å². The Bertz CT molecular complexity index is 1550. The summed E-state index contributed by atoms with van der Waals surface area (Å²) < 4.78 is 2.21. The number of pyridine rings is 2. The molecule has 7 heteroatoms. The number of nitrogens with one attached hydrogen (secondary N) is 1. The first-order valence-corrected chi connectivity index (χ1v) is 12.9. The van der Waals surface area contributed by atoms with Crippen LogP contribution in [0.25, 0.3) is 27.8 Å². The van der Waals surface area contributed by atoms with Crippen LogP contribution in [0.1, 0.15) is 36.6 Å². The minimum atomic E-state index is 0.534. The highest BCUT2D eigenvalue weighted by atomic mass is 15.2. The van der Waals surface area contributed by atoms with Crippen LogP contribution >= 0.6 is 0 Å². The van der Waals surface area contributed by atoms with Crippen molar-refractivity contribution in [2.24, 2.45) is 5.92 Å². The van der Waals surface area contributed by atoms with Gasteiger partial charge in [0.15, 0.2) is 5.82 Å². The molecule has 1 N–H and O–H groups in total. The van der Waals surface area contributed by atoms with E-state index in [0.29, 0.717) is 5.92 Å². The fraction of sp³-hybridized carbons (Fsp3) is 0.310. The molecule has 0 atom stereocenters. The molecular weight excluding hydrogens is 446 g/mol. The maximum atomic E-state index is 4.91. The van der Waals surface area contributed by atoms with Gasteiger partial charge in [-0.2, -0.15) is 0 Å². The highest BCUT2D eigenvalue weighted by molar-refractivity contribution is 5.88. The Labute approximate surface area is 210 Å². The number of aryl methyl sites for hydroxylation is 1. The first-order chi connectivity index (χ1) is 17.7. The molecule has 1 saturated carbocycles. The number of imidazole rings is 1. The van der Waals surface area contributed by atoms with E-state index in [-0.39, 0.29) is 0 Å². The first kappa shape index (κ1) is 21.4. The van der Waals surface area contributed by atoms with E-state index in [1.54, 1.807) is 6.20 Å². The van der Waals surface area contributed by atoms with Crippen LogP contribution in [0.15, 0.2) is 67.3 Å². The fourth-order valence-electron chi connectivity index (χ4n) is 5.63. The van der Waals surface area contributed by atoms with Crippen molar-refractivity contribution in [3.63, 3.8) is 0 Å². The molecule has 5 heterocycles. The molecule has 1 aromatic carbocycles. The van der Waals surface area contributed by atoms with Gasteiger partial charge in [-0.1, -0.05) is 12.1 Å². The highest BCUT2D eigenvalue weighted by Gasteiger charge is 2.35. The Morgan fingerprint density at radius 2 is 1.89 bits per heavy atom. The Morgan fingerprint density at radius 1 is 0.972 bits per heavy atom. The molecule has 2 fully saturated rings.